The highest BCUT2D eigenvalue weighted by Crippen LogP contribution is 2.32. The van der Waals surface area contributed by atoms with Crippen molar-refractivity contribution in [2.24, 2.45) is 0 Å². The number of hydrogen-bond donors (Lipinski definition) is 1. The van der Waals surface area contributed by atoms with Crippen molar-refractivity contribution >= 4 is 27.5 Å². The van der Waals surface area contributed by atoms with Gasteiger partial charge >= 0.3 is 6.18 Å². The number of hydrogen-bond acceptors (Lipinski definition) is 4. The third-order valence-corrected chi connectivity index (χ3v) is 7.94. The Labute approximate surface area is 226 Å². The van der Waals surface area contributed by atoms with Crippen molar-refractivity contribution in [2.75, 3.05) is 17.1 Å². The van der Waals surface area contributed by atoms with Gasteiger partial charge in [-0.3, -0.25) is 13.9 Å². The molecule has 0 radical (unpaired) electrons. The first-order valence-corrected chi connectivity index (χ1v) is 14.6. The van der Waals surface area contributed by atoms with Crippen LogP contribution in [0.4, 0.5) is 23.2 Å². The molecule has 2 amide bonds. The van der Waals surface area contributed by atoms with E-state index in [4.69, 9.17) is 0 Å². The van der Waals surface area contributed by atoms with E-state index in [-0.39, 0.29) is 43.6 Å². The van der Waals surface area contributed by atoms with E-state index in [1.54, 1.807) is 6.92 Å². The van der Waals surface area contributed by atoms with Gasteiger partial charge in [0, 0.05) is 25.6 Å². The number of nitrogens with one attached hydrogen (secondary N) is 1. The summed E-state index contributed by atoms with van der Waals surface area (Å²) in [5.41, 5.74) is -0.545. The summed E-state index contributed by atoms with van der Waals surface area (Å²) in [6, 6.07) is 8.69. The van der Waals surface area contributed by atoms with Gasteiger partial charge in [0.15, 0.2) is 0 Å². The van der Waals surface area contributed by atoms with Crippen LogP contribution in [0.15, 0.2) is 48.5 Å². The summed E-state index contributed by atoms with van der Waals surface area (Å²) in [5.74, 6) is -1.20. The molecule has 0 aromatic heterocycles. The van der Waals surface area contributed by atoms with Gasteiger partial charge in [-0.05, 0) is 62.1 Å². The Kier molecular flexibility index (Phi) is 9.98. The molecule has 3 rings (SSSR count). The molecule has 1 aliphatic carbocycles. The molecule has 1 atom stereocenters. The highest BCUT2D eigenvalue weighted by Gasteiger charge is 2.32. The van der Waals surface area contributed by atoms with Gasteiger partial charge < -0.3 is 10.2 Å². The Bertz CT molecular complexity index is 1250. The third-order valence-electron chi connectivity index (χ3n) is 6.75. The molecule has 0 bridgehead atoms. The molecule has 0 saturated heterocycles. The maximum Gasteiger partial charge on any atom is 0.416 e. The molecule has 2 aromatic rings. The van der Waals surface area contributed by atoms with Crippen LogP contribution < -0.4 is 9.62 Å². The number of anilines is 1. The standard InChI is InChI=1S/C27H33F4N3O4S/c1-19(26(36)32-23-8-3-4-9-23)33(18-20-12-14-22(28)15-13-20)25(35)11-6-16-34(39(2,37)38)24-10-5-7-21(17-24)27(29,30)31/h5,7,10,12-15,17,19,23H,3-4,6,8-9,11,16,18H2,1-2H3,(H,32,36)/t19-/m1/s1. The Morgan fingerprint density at radius 3 is 2.31 bits per heavy atom. The summed E-state index contributed by atoms with van der Waals surface area (Å²) in [6.45, 7) is 1.39. The first kappa shape index (κ1) is 30.4. The Morgan fingerprint density at radius 2 is 1.72 bits per heavy atom. The van der Waals surface area contributed by atoms with E-state index in [0.717, 1.165) is 54.4 Å². The lowest BCUT2D eigenvalue weighted by molar-refractivity contribution is -0.141. The summed E-state index contributed by atoms with van der Waals surface area (Å²) < 4.78 is 78.6. The number of benzene rings is 2. The highest BCUT2D eigenvalue weighted by molar-refractivity contribution is 7.92. The van der Waals surface area contributed by atoms with Crippen LogP contribution in [0.25, 0.3) is 0 Å². The summed E-state index contributed by atoms with van der Waals surface area (Å²) in [6.07, 6.45) is -0.175. The van der Waals surface area contributed by atoms with Crippen molar-refractivity contribution in [3.05, 3.63) is 65.5 Å². The molecule has 39 heavy (non-hydrogen) atoms. The van der Waals surface area contributed by atoms with E-state index in [9.17, 15) is 35.6 Å². The van der Waals surface area contributed by atoms with Crippen LogP contribution in [0.1, 0.15) is 56.6 Å². The molecule has 214 valence electrons. The van der Waals surface area contributed by atoms with Crippen molar-refractivity contribution in [3.63, 3.8) is 0 Å². The minimum atomic E-state index is -4.65. The first-order valence-electron chi connectivity index (χ1n) is 12.7. The van der Waals surface area contributed by atoms with E-state index >= 15 is 0 Å². The van der Waals surface area contributed by atoms with E-state index in [1.807, 2.05) is 0 Å². The Balaban J connectivity index is 1.74. The average molecular weight is 572 g/mol. The fraction of sp³-hybridized carbons (Fsp3) is 0.481. The van der Waals surface area contributed by atoms with Crippen LogP contribution >= 0.6 is 0 Å². The molecular formula is C27H33F4N3O4S. The zero-order valence-electron chi connectivity index (χ0n) is 21.9. The molecule has 1 fully saturated rings. The predicted octanol–water partition coefficient (Wildman–Crippen LogP) is 4.87. The normalized spacial score (nSPS) is 15.1. The molecule has 12 heteroatoms. The molecule has 0 spiro atoms. The molecule has 1 aliphatic rings. The first-order chi connectivity index (χ1) is 18.3. The van der Waals surface area contributed by atoms with Gasteiger partial charge in [-0.2, -0.15) is 13.2 Å². The summed E-state index contributed by atoms with van der Waals surface area (Å²) in [7, 11) is -3.95. The largest absolute Gasteiger partial charge is 0.416 e. The zero-order chi connectivity index (χ0) is 28.8. The average Bonchev–Trinajstić information content (AvgIpc) is 3.37. The number of carbonyl (C=O) groups excluding carboxylic acids is 2. The summed E-state index contributed by atoms with van der Waals surface area (Å²) >= 11 is 0. The molecule has 7 nitrogen and oxygen atoms in total. The Hall–Kier alpha value is -3.15. The van der Waals surface area contributed by atoms with Gasteiger partial charge in [0.25, 0.3) is 0 Å². The van der Waals surface area contributed by atoms with E-state index in [1.165, 1.54) is 35.2 Å². The smallest absolute Gasteiger partial charge is 0.352 e. The number of amides is 2. The number of rotatable bonds is 11. The maximum atomic E-state index is 13.4. The van der Waals surface area contributed by atoms with E-state index < -0.39 is 39.5 Å². The molecule has 1 N–H and O–H groups in total. The number of nitrogens with zero attached hydrogens (tertiary/aromatic N) is 2. The second kappa shape index (κ2) is 12.8. The third kappa shape index (κ3) is 8.67. The van der Waals surface area contributed by atoms with Crippen molar-refractivity contribution in [1.82, 2.24) is 10.2 Å². The lowest BCUT2D eigenvalue weighted by Gasteiger charge is -2.30. The van der Waals surface area contributed by atoms with Crippen LogP contribution in [0.3, 0.4) is 0 Å². The van der Waals surface area contributed by atoms with E-state index in [2.05, 4.69) is 5.32 Å². The molecule has 2 aromatic carbocycles. The van der Waals surface area contributed by atoms with Gasteiger partial charge in [0.05, 0.1) is 17.5 Å². The predicted molar refractivity (Wildman–Crippen MR) is 140 cm³/mol. The van der Waals surface area contributed by atoms with Gasteiger partial charge in [0.2, 0.25) is 21.8 Å². The summed E-state index contributed by atoms with van der Waals surface area (Å²) in [4.78, 5) is 27.6. The second-order valence-electron chi connectivity index (χ2n) is 9.80. The second-order valence-corrected chi connectivity index (χ2v) is 11.7. The molecule has 0 unspecified atom stereocenters. The summed E-state index contributed by atoms with van der Waals surface area (Å²) in [5, 5.41) is 2.97. The highest BCUT2D eigenvalue weighted by atomic mass is 32.2. The topological polar surface area (TPSA) is 86.8 Å². The fourth-order valence-corrected chi connectivity index (χ4v) is 5.56. The van der Waals surface area contributed by atoms with Gasteiger partial charge in [-0.15, -0.1) is 0 Å². The van der Waals surface area contributed by atoms with Crippen LogP contribution in [0, 0.1) is 5.82 Å². The van der Waals surface area contributed by atoms with Gasteiger partial charge in [-0.1, -0.05) is 31.0 Å². The van der Waals surface area contributed by atoms with Crippen molar-refractivity contribution in [3.8, 4) is 0 Å². The maximum absolute atomic E-state index is 13.4. The van der Waals surface area contributed by atoms with Crippen molar-refractivity contribution in [1.29, 1.82) is 0 Å². The van der Waals surface area contributed by atoms with Crippen LogP contribution in [0.5, 0.6) is 0 Å². The molecule has 1 saturated carbocycles. The lowest BCUT2D eigenvalue weighted by atomic mass is 10.1. The quantitative estimate of drug-likeness (QED) is 0.390. The lowest BCUT2D eigenvalue weighted by Crippen LogP contribution is -2.49. The van der Waals surface area contributed by atoms with Crippen LogP contribution in [-0.4, -0.2) is 50.0 Å². The minimum Gasteiger partial charge on any atom is -0.352 e. The molecular weight excluding hydrogens is 538 g/mol. The minimum absolute atomic E-state index is 0.000962. The van der Waals surface area contributed by atoms with Gasteiger partial charge in [-0.25, -0.2) is 12.8 Å². The zero-order valence-corrected chi connectivity index (χ0v) is 22.7. The number of carbonyl (C=O) groups is 2. The number of sulfonamides is 1. The van der Waals surface area contributed by atoms with Crippen molar-refractivity contribution in [2.45, 2.75) is 70.3 Å². The van der Waals surface area contributed by atoms with Crippen LogP contribution in [0.2, 0.25) is 0 Å². The number of alkyl halides is 3. The fourth-order valence-electron chi connectivity index (χ4n) is 4.60. The SMILES string of the molecule is C[C@H](C(=O)NC1CCCC1)N(Cc1ccc(F)cc1)C(=O)CCCN(c1cccc(C(F)(F)F)c1)S(C)(=O)=O. The van der Waals surface area contributed by atoms with Gasteiger partial charge in [0.1, 0.15) is 11.9 Å². The Morgan fingerprint density at radius 1 is 1.08 bits per heavy atom. The van der Waals surface area contributed by atoms with Crippen molar-refractivity contribution < 1.29 is 35.6 Å². The molecule has 0 aliphatic heterocycles. The molecule has 0 heterocycles. The van der Waals surface area contributed by atoms with E-state index in [0.29, 0.717) is 5.56 Å². The number of halogens is 4. The van der Waals surface area contributed by atoms with Crippen LogP contribution in [-0.2, 0) is 32.3 Å². The monoisotopic (exact) mass is 571 g/mol.